The summed E-state index contributed by atoms with van der Waals surface area (Å²) in [5, 5.41) is 26.2. The van der Waals surface area contributed by atoms with Crippen molar-refractivity contribution < 1.29 is 39.1 Å². The zero-order chi connectivity index (χ0) is 22.6. The second-order valence-corrected chi connectivity index (χ2v) is 7.65. The van der Waals surface area contributed by atoms with Gasteiger partial charge in [0.05, 0.1) is 5.54 Å². The van der Waals surface area contributed by atoms with E-state index in [-0.39, 0.29) is 16.5 Å². The molecule has 13 nitrogen and oxygen atoms in total. The number of hydrogen-bond acceptors (Lipinski definition) is 11. The van der Waals surface area contributed by atoms with Gasteiger partial charge in [0, 0.05) is 5.38 Å². The molecule has 164 valence electrons. The lowest BCUT2D eigenvalue weighted by atomic mass is 9.84. The number of thiazole rings is 1. The van der Waals surface area contributed by atoms with Crippen molar-refractivity contribution in [3.8, 4) is 0 Å². The van der Waals surface area contributed by atoms with Gasteiger partial charge in [-0.15, -0.1) is 11.3 Å². The lowest BCUT2D eigenvalue weighted by Gasteiger charge is -2.51. The van der Waals surface area contributed by atoms with Crippen LogP contribution in [-0.4, -0.2) is 80.4 Å². The van der Waals surface area contributed by atoms with Gasteiger partial charge in [0.25, 0.3) is 11.8 Å². The third-order valence-electron chi connectivity index (χ3n) is 4.11. The molecular formula is C16H21N5O8S. The number of aliphatic carboxylic acids is 1. The standard InChI is InChI=1S/C16H21N5O8S/c1-7(14(26)27)29-20-10(9-6-30-15(17)18-9)12(24)19-11-13(25)21(16(11,2)3)28-5-8(23)4-22/h6-7,11,22H,4-5H2,1-3H3,(H2,17,18)(H,19,24)(H,26,27). The van der Waals surface area contributed by atoms with Crippen molar-refractivity contribution in [2.24, 2.45) is 5.16 Å². The van der Waals surface area contributed by atoms with E-state index in [1.165, 1.54) is 12.3 Å². The first kappa shape index (κ1) is 23.2. The molecule has 1 saturated heterocycles. The van der Waals surface area contributed by atoms with E-state index in [1.807, 2.05) is 0 Å². The minimum absolute atomic E-state index is 0.0406. The maximum absolute atomic E-state index is 12.7. The number of nitrogens with zero attached hydrogens (tertiary/aromatic N) is 3. The number of carboxylic acids is 1. The molecule has 0 aromatic carbocycles. The number of hydroxylamine groups is 2. The van der Waals surface area contributed by atoms with Crippen LogP contribution in [0.5, 0.6) is 0 Å². The van der Waals surface area contributed by atoms with Crippen molar-refractivity contribution in [3.63, 3.8) is 0 Å². The highest BCUT2D eigenvalue weighted by molar-refractivity contribution is 7.13. The minimum Gasteiger partial charge on any atom is -0.478 e. The van der Waals surface area contributed by atoms with E-state index in [2.05, 4.69) is 15.5 Å². The van der Waals surface area contributed by atoms with Crippen molar-refractivity contribution in [3.05, 3.63) is 11.1 Å². The summed E-state index contributed by atoms with van der Waals surface area (Å²) < 4.78 is 0. The molecule has 1 aliphatic heterocycles. The zero-order valence-corrected chi connectivity index (χ0v) is 17.1. The average Bonchev–Trinajstić information content (AvgIpc) is 3.11. The molecule has 1 fully saturated rings. The molecule has 2 rings (SSSR count). The number of hydrogen-bond donors (Lipinski definition) is 4. The minimum atomic E-state index is -1.33. The predicted octanol–water partition coefficient (Wildman–Crippen LogP) is -1.48. The maximum Gasteiger partial charge on any atom is 0.347 e. The molecule has 2 amide bonds. The second kappa shape index (κ2) is 9.15. The highest BCUT2D eigenvalue weighted by Gasteiger charge is 2.56. The van der Waals surface area contributed by atoms with Crippen molar-refractivity contribution >= 4 is 45.7 Å². The fraction of sp³-hybridized carbons (Fsp3) is 0.500. The highest BCUT2D eigenvalue weighted by atomic mass is 32.1. The van der Waals surface area contributed by atoms with Crippen LogP contribution in [0.2, 0.25) is 0 Å². The molecule has 2 heterocycles. The Morgan fingerprint density at radius 2 is 2.13 bits per heavy atom. The van der Waals surface area contributed by atoms with Gasteiger partial charge < -0.3 is 26.1 Å². The summed E-state index contributed by atoms with van der Waals surface area (Å²) in [7, 11) is 0. The molecule has 1 aliphatic rings. The number of nitrogens with one attached hydrogen (secondary N) is 1. The van der Waals surface area contributed by atoms with Crippen molar-refractivity contribution in [2.75, 3.05) is 18.9 Å². The molecule has 1 aromatic rings. The van der Waals surface area contributed by atoms with Gasteiger partial charge >= 0.3 is 5.97 Å². The maximum atomic E-state index is 12.7. The van der Waals surface area contributed by atoms with Gasteiger partial charge in [0.15, 0.2) is 16.6 Å². The quantitative estimate of drug-likeness (QED) is 0.188. The smallest absolute Gasteiger partial charge is 0.347 e. The zero-order valence-electron chi connectivity index (χ0n) is 16.3. The Hall–Kier alpha value is -3.10. The van der Waals surface area contributed by atoms with Crippen LogP contribution >= 0.6 is 11.3 Å². The second-order valence-electron chi connectivity index (χ2n) is 6.76. The molecule has 2 unspecified atom stereocenters. The van der Waals surface area contributed by atoms with Crippen LogP contribution in [0.15, 0.2) is 10.5 Å². The van der Waals surface area contributed by atoms with E-state index in [4.69, 9.17) is 25.6 Å². The fourth-order valence-corrected chi connectivity index (χ4v) is 2.93. The molecule has 0 radical (unpaired) electrons. The van der Waals surface area contributed by atoms with Gasteiger partial charge in [0.2, 0.25) is 6.10 Å². The number of carbonyl (C=O) groups excluding carboxylic acids is 3. The Kier molecular flexibility index (Phi) is 7.07. The molecule has 1 aromatic heterocycles. The van der Waals surface area contributed by atoms with E-state index in [0.717, 1.165) is 16.4 Å². The average molecular weight is 443 g/mol. The first-order chi connectivity index (χ1) is 14.0. The molecule has 5 N–H and O–H groups in total. The van der Waals surface area contributed by atoms with E-state index in [1.54, 1.807) is 13.8 Å². The number of aliphatic hydroxyl groups is 1. The Morgan fingerprint density at radius 1 is 1.47 bits per heavy atom. The number of nitrogens with two attached hydrogens (primary N) is 1. The van der Waals surface area contributed by atoms with Crippen LogP contribution < -0.4 is 11.1 Å². The van der Waals surface area contributed by atoms with Crippen LogP contribution in [0.4, 0.5) is 5.13 Å². The number of Topliss-reactive ketones (excluding diaryl/α,β-unsaturated/α-hetero) is 1. The number of anilines is 1. The number of rotatable bonds is 10. The number of aliphatic hydroxyl groups excluding tert-OH is 1. The summed E-state index contributed by atoms with van der Waals surface area (Å²) >= 11 is 1.03. The predicted molar refractivity (Wildman–Crippen MR) is 102 cm³/mol. The third kappa shape index (κ3) is 4.90. The van der Waals surface area contributed by atoms with E-state index < -0.39 is 54.5 Å². The Labute approximate surface area is 174 Å². The van der Waals surface area contributed by atoms with Gasteiger partial charge in [-0.05, 0) is 20.8 Å². The van der Waals surface area contributed by atoms with Crippen LogP contribution in [-0.2, 0) is 28.9 Å². The number of nitrogen functional groups attached to an aromatic ring is 1. The summed E-state index contributed by atoms with van der Waals surface area (Å²) in [6, 6.07) is -1.03. The number of carboxylic acid groups (broad SMARTS) is 1. The van der Waals surface area contributed by atoms with Crippen LogP contribution in [0.3, 0.4) is 0 Å². The highest BCUT2D eigenvalue weighted by Crippen LogP contribution is 2.32. The molecule has 0 spiro atoms. The lowest BCUT2D eigenvalue weighted by molar-refractivity contribution is -0.255. The number of carbonyl (C=O) groups is 4. The molecule has 0 bridgehead atoms. The monoisotopic (exact) mass is 443 g/mol. The van der Waals surface area contributed by atoms with Gasteiger partial charge in [-0.3, -0.25) is 19.2 Å². The molecule has 30 heavy (non-hydrogen) atoms. The summed E-state index contributed by atoms with van der Waals surface area (Å²) in [6.45, 7) is 3.16. The summed E-state index contributed by atoms with van der Waals surface area (Å²) in [4.78, 5) is 61.1. The largest absolute Gasteiger partial charge is 0.478 e. The lowest BCUT2D eigenvalue weighted by Crippen LogP contribution is -2.76. The molecule has 0 saturated carbocycles. The number of oxime groups is 1. The normalized spacial score (nSPS) is 19.1. The summed E-state index contributed by atoms with van der Waals surface area (Å²) in [5.74, 6) is -3.39. The van der Waals surface area contributed by atoms with E-state index in [9.17, 15) is 19.2 Å². The SMILES string of the molecule is CC(ON=C(C(=O)NC1C(=O)N(OCC(=O)CO)C1(C)C)c1csc(N)n1)C(=O)O. The molecular weight excluding hydrogens is 422 g/mol. The summed E-state index contributed by atoms with van der Waals surface area (Å²) in [5.41, 5.74) is 4.23. The topological polar surface area (TPSA) is 194 Å². The summed E-state index contributed by atoms with van der Waals surface area (Å²) in [6.07, 6.45) is -1.33. The van der Waals surface area contributed by atoms with Crippen molar-refractivity contribution in [2.45, 2.75) is 38.5 Å². The van der Waals surface area contributed by atoms with Gasteiger partial charge in [-0.25, -0.2) is 14.8 Å². The van der Waals surface area contributed by atoms with E-state index in [0.29, 0.717) is 0 Å². The number of β-lactam (4-membered cyclic amide) rings is 1. The van der Waals surface area contributed by atoms with Crippen LogP contribution in [0.25, 0.3) is 0 Å². The number of ketones is 1. The van der Waals surface area contributed by atoms with Crippen molar-refractivity contribution in [1.29, 1.82) is 0 Å². The Balaban J connectivity index is 2.15. The molecule has 14 heteroatoms. The number of amides is 2. The number of aromatic nitrogens is 1. The van der Waals surface area contributed by atoms with Gasteiger partial charge in [0.1, 0.15) is 24.9 Å². The third-order valence-corrected chi connectivity index (χ3v) is 4.79. The van der Waals surface area contributed by atoms with E-state index >= 15 is 0 Å². The Bertz CT molecular complexity index is 883. The molecule has 0 aliphatic carbocycles. The molecule has 2 atom stereocenters. The van der Waals surface area contributed by atoms with Crippen molar-refractivity contribution in [1.82, 2.24) is 15.4 Å². The first-order valence-corrected chi connectivity index (χ1v) is 9.45. The van der Waals surface area contributed by atoms with Gasteiger partial charge in [-0.1, -0.05) is 5.16 Å². The van der Waals surface area contributed by atoms with Crippen LogP contribution in [0.1, 0.15) is 26.5 Å². The Morgan fingerprint density at radius 3 is 2.63 bits per heavy atom. The van der Waals surface area contributed by atoms with Gasteiger partial charge in [-0.2, -0.15) is 0 Å². The van der Waals surface area contributed by atoms with Crippen LogP contribution in [0, 0.1) is 0 Å². The first-order valence-electron chi connectivity index (χ1n) is 8.57. The fourth-order valence-electron chi connectivity index (χ4n) is 2.38.